The van der Waals surface area contributed by atoms with Crippen molar-refractivity contribution in [2.45, 2.75) is 71.2 Å². The molecule has 10 nitrogen and oxygen atoms in total. The fourth-order valence-corrected chi connectivity index (χ4v) is 11.3. The molecular formula is C47H52ClF3N4O6S3. The van der Waals surface area contributed by atoms with Crippen molar-refractivity contribution in [2.24, 2.45) is 5.14 Å². The van der Waals surface area contributed by atoms with Crippen molar-refractivity contribution in [1.29, 1.82) is 0 Å². The molecule has 0 bridgehead atoms. The molecule has 0 spiro atoms. The predicted molar refractivity (Wildman–Crippen MR) is 248 cm³/mol. The fraction of sp³-hybridized carbons (Fsp3) is 0.383. The zero-order valence-electron chi connectivity index (χ0n) is 35.3. The third kappa shape index (κ3) is 11.9. The van der Waals surface area contributed by atoms with Gasteiger partial charge in [0.2, 0.25) is 10.0 Å². The average molecular weight is 958 g/mol. The standard InChI is InChI=1S/C47H52ClF3N4O6S3/c48-39-17-15-36(16-18-39)43-10-6-1-3-7-38(43)32-54-24-21-35(22-25-54)34-11-13-37(14-12-34)46(56)55(44-20-19-42(64(52,59)60)31-45(44)63(57,58)47(49,50)51)40(23-26-53-27-29-61-30-28-53)33-62-41-8-4-2-5-9-41/h2,4-5,8-9,11-21,31,40H,1,3,6-7,10,22-30,32-33H2,(H2,52,59,60)/t40-/m1/s1. The second-order valence-corrected chi connectivity index (χ2v) is 21.3. The Morgan fingerprint density at radius 1 is 0.828 bits per heavy atom. The lowest BCUT2D eigenvalue weighted by Gasteiger charge is -2.35. The molecule has 3 aliphatic rings. The molecule has 1 aliphatic carbocycles. The molecule has 4 aromatic carbocycles. The van der Waals surface area contributed by atoms with E-state index in [1.165, 1.54) is 34.9 Å². The minimum atomic E-state index is -6.21. The van der Waals surface area contributed by atoms with Crippen molar-refractivity contribution in [1.82, 2.24) is 9.80 Å². The third-order valence-corrected chi connectivity index (χ3v) is 15.8. The van der Waals surface area contributed by atoms with Crippen LogP contribution in [0.2, 0.25) is 5.02 Å². The van der Waals surface area contributed by atoms with Crippen molar-refractivity contribution < 1.29 is 39.5 Å². The number of benzene rings is 4. The Balaban J connectivity index is 1.21. The Labute approximate surface area is 383 Å². The molecule has 2 aliphatic heterocycles. The van der Waals surface area contributed by atoms with Crippen LogP contribution in [0.3, 0.4) is 0 Å². The second-order valence-electron chi connectivity index (χ2n) is 16.3. The number of halogens is 4. The highest BCUT2D eigenvalue weighted by atomic mass is 35.5. The van der Waals surface area contributed by atoms with E-state index in [4.69, 9.17) is 21.5 Å². The number of nitrogens with two attached hydrogens (primary N) is 1. The first-order valence-corrected chi connectivity index (χ1v) is 25.8. The van der Waals surface area contributed by atoms with Crippen molar-refractivity contribution in [3.8, 4) is 0 Å². The summed E-state index contributed by atoms with van der Waals surface area (Å²) in [4.78, 5) is 19.2. The number of morpholine rings is 1. The maximum absolute atomic E-state index is 15.0. The van der Waals surface area contributed by atoms with Crippen molar-refractivity contribution in [2.75, 3.05) is 63.1 Å². The summed E-state index contributed by atoms with van der Waals surface area (Å²) in [6, 6.07) is 25.5. The lowest BCUT2D eigenvalue weighted by atomic mass is 9.94. The van der Waals surface area contributed by atoms with Gasteiger partial charge in [0.05, 0.1) is 23.8 Å². The lowest BCUT2D eigenvalue weighted by molar-refractivity contribution is -0.0436. The number of hydrogen-bond acceptors (Lipinski definition) is 9. The number of rotatable bonds is 15. The van der Waals surface area contributed by atoms with Crippen LogP contribution in [0.15, 0.2) is 123 Å². The molecule has 342 valence electrons. The van der Waals surface area contributed by atoms with E-state index in [1.54, 1.807) is 24.3 Å². The van der Waals surface area contributed by atoms with Gasteiger partial charge in [0, 0.05) is 66.5 Å². The summed E-state index contributed by atoms with van der Waals surface area (Å²) in [5.74, 6) is -0.576. The minimum Gasteiger partial charge on any atom is -0.379 e. The number of amides is 1. The quantitative estimate of drug-likeness (QED) is 0.116. The number of sulfonamides is 1. The number of hydrogen-bond donors (Lipinski definition) is 1. The van der Waals surface area contributed by atoms with Gasteiger partial charge in [0.1, 0.15) is 4.90 Å². The van der Waals surface area contributed by atoms with E-state index >= 15 is 0 Å². The lowest BCUT2D eigenvalue weighted by Crippen LogP contribution is -2.46. The normalized spacial score (nSPS) is 17.7. The molecule has 1 atom stereocenters. The Hall–Kier alpha value is -4.00. The average Bonchev–Trinajstić information content (AvgIpc) is 3.53. The van der Waals surface area contributed by atoms with Gasteiger partial charge in [-0.1, -0.05) is 72.1 Å². The molecule has 64 heavy (non-hydrogen) atoms. The van der Waals surface area contributed by atoms with Gasteiger partial charge in [-0.15, -0.1) is 11.8 Å². The smallest absolute Gasteiger partial charge is 0.379 e. The zero-order valence-corrected chi connectivity index (χ0v) is 38.5. The van der Waals surface area contributed by atoms with Crippen LogP contribution in [0.1, 0.15) is 66.4 Å². The van der Waals surface area contributed by atoms with E-state index in [1.807, 2.05) is 42.5 Å². The second kappa shape index (κ2) is 21.1. The molecule has 4 aromatic rings. The maximum Gasteiger partial charge on any atom is 0.501 e. The number of thioether (sulfide) groups is 1. The summed E-state index contributed by atoms with van der Waals surface area (Å²) in [5.41, 5.74) is -0.240. The summed E-state index contributed by atoms with van der Waals surface area (Å²) >= 11 is 7.57. The van der Waals surface area contributed by atoms with Gasteiger partial charge >= 0.3 is 5.51 Å². The maximum atomic E-state index is 15.0. The molecule has 2 heterocycles. The van der Waals surface area contributed by atoms with E-state index in [9.17, 15) is 34.8 Å². The molecule has 1 amide bonds. The Kier molecular flexibility index (Phi) is 15.8. The van der Waals surface area contributed by atoms with Gasteiger partial charge in [0.15, 0.2) is 0 Å². The summed E-state index contributed by atoms with van der Waals surface area (Å²) in [6.45, 7) is 5.01. The Bertz CT molecular complexity index is 2550. The number of ether oxygens (including phenoxy) is 1. The zero-order chi connectivity index (χ0) is 45.5. The van der Waals surface area contributed by atoms with E-state index in [-0.39, 0.29) is 17.7 Å². The van der Waals surface area contributed by atoms with Crippen molar-refractivity contribution >= 4 is 66.0 Å². The largest absolute Gasteiger partial charge is 0.501 e. The monoisotopic (exact) mass is 956 g/mol. The number of allylic oxidation sites excluding steroid dienone is 1. The number of carbonyl (C=O) groups is 1. The first kappa shape index (κ1) is 47.9. The number of carbonyl (C=O) groups excluding carboxylic acids is 1. The van der Waals surface area contributed by atoms with Gasteiger partial charge in [-0.2, -0.15) is 13.2 Å². The van der Waals surface area contributed by atoms with Gasteiger partial charge in [-0.3, -0.25) is 14.6 Å². The number of primary sulfonamides is 1. The van der Waals surface area contributed by atoms with Gasteiger partial charge in [-0.05, 0) is 115 Å². The van der Waals surface area contributed by atoms with Crippen molar-refractivity contribution in [3.05, 3.63) is 130 Å². The van der Waals surface area contributed by atoms with E-state index in [0.29, 0.717) is 43.9 Å². The number of anilines is 1. The topological polar surface area (TPSA) is 130 Å². The summed E-state index contributed by atoms with van der Waals surface area (Å²) in [7, 11) is -10.9. The molecule has 1 saturated heterocycles. The van der Waals surface area contributed by atoms with Gasteiger partial charge < -0.3 is 9.64 Å². The van der Waals surface area contributed by atoms with Crippen LogP contribution in [0.25, 0.3) is 11.1 Å². The third-order valence-electron chi connectivity index (χ3n) is 12.0. The van der Waals surface area contributed by atoms with Gasteiger partial charge in [0.25, 0.3) is 15.7 Å². The molecule has 0 unspecified atom stereocenters. The van der Waals surface area contributed by atoms with Crippen LogP contribution in [0.5, 0.6) is 0 Å². The first-order valence-electron chi connectivity index (χ1n) is 21.4. The number of nitrogens with zero attached hydrogens (tertiary/aromatic N) is 3. The highest BCUT2D eigenvalue weighted by Crippen LogP contribution is 2.40. The van der Waals surface area contributed by atoms with Crippen LogP contribution in [-0.4, -0.2) is 102 Å². The summed E-state index contributed by atoms with van der Waals surface area (Å²) < 4.78 is 100. The number of alkyl halides is 3. The summed E-state index contributed by atoms with van der Waals surface area (Å²) in [6.07, 6.45) is 8.79. The minimum absolute atomic E-state index is 0.115. The SMILES string of the molecule is NS(=O)(=O)c1ccc(N(C(=O)c2ccc(C3=CCN(CC4=C(c5ccc(Cl)cc5)CCCCC4)CC3)cc2)[C@H](CCN2CCOCC2)CSc2ccccc2)c(S(=O)(=O)C(F)(F)F)c1. The van der Waals surface area contributed by atoms with Crippen LogP contribution >= 0.6 is 23.4 Å². The van der Waals surface area contributed by atoms with E-state index in [0.717, 1.165) is 84.8 Å². The fourth-order valence-electron chi connectivity index (χ4n) is 8.51. The molecule has 17 heteroatoms. The highest BCUT2D eigenvalue weighted by Gasteiger charge is 2.49. The van der Waals surface area contributed by atoms with Crippen LogP contribution in [-0.2, 0) is 24.6 Å². The molecule has 0 radical (unpaired) electrons. The Morgan fingerprint density at radius 3 is 2.17 bits per heavy atom. The van der Waals surface area contributed by atoms with Crippen LogP contribution in [0, 0.1) is 0 Å². The van der Waals surface area contributed by atoms with Crippen molar-refractivity contribution in [3.63, 3.8) is 0 Å². The van der Waals surface area contributed by atoms with E-state index in [2.05, 4.69) is 28.0 Å². The first-order chi connectivity index (χ1) is 30.6. The summed E-state index contributed by atoms with van der Waals surface area (Å²) in [5, 5.41) is 6.02. The molecule has 2 N–H and O–H groups in total. The number of sulfone groups is 1. The molecule has 7 rings (SSSR count). The van der Waals surface area contributed by atoms with Gasteiger partial charge in [-0.25, -0.2) is 22.0 Å². The molecular weight excluding hydrogens is 905 g/mol. The Morgan fingerprint density at radius 2 is 1.52 bits per heavy atom. The molecule has 0 aromatic heterocycles. The molecule has 0 saturated carbocycles. The highest BCUT2D eigenvalue weighted by molar-refractivity contribution is 7.99. The van der Waals surface area contributed by atoms with Crippen LogP contribution in [0.4, 0.5) is 18.9 Å². The van der Waals surface area contributed by atoms with Crippen LogP contribution < -0.4 is 10.0 Å². The van der Waals surface area contributed by atoms with E-state index < -0.39 is 52.8 Å². The predicted octanol–water partition coefficient (Wildman–Crippen LogP) is 9.32. The molecule has 1 fully saturated rings.